The van der Waals surface area contributed by atoms with Crippen LogP contribution in [0.25, 0.3) is 6.08 Å². The maximum Gasteiger partial charge on any atom is 0.330 e. The summed E-state index contributed by atoms with van der Waals surface area (Å²) in [7, 11) is 1.94. The number of likely N-dealkylation sites (N-methyl/N-ethyl adjacent to an activating group) is 1. The van der Waals surface area contributed by atoms with E-state index in [9.17, 15) is 10.1 Å². The molecule has 2 aliphatic rings. The molecule has 128 valence electrons. The summed E-state index contributed by atoms with van der Waals surface area (Å²) in [5.74, 6) is 0.215. The average molecular weight is 357 g/mol. The van der Waals surface area contributed by atoms with E-state index in [-0.39, 0.29) is 16.5 Å². The molecule has 0 radical (unpaired) electrons. The second-order valence-electron chi connectivity index (χ2n) is 6.90. The third kappa shape index (κ3) is 1.90. The second-order valence-corrected chi connectivity index (χ2v) is 7.31. The smallest absolute Gasteiger partial charge is 0.330 e. The molecule has 2 aromatic carbocycles. The first-order valence-electron chi connectivity index (χ1n) is 7.98. The maximum absolute atomic E-state index is 11.6. The fourth-order valence-corrected chi connectivity index (χ4v) is 4.18. The van der Waals surface area contributed by atoms with E-state index in [1.54, 1.807) is 6.07 Å². The van der Waals surface area contributed by atoms with Crippen LogP contribution in [0.4, 0.5) is 11.4 Å². The lowest BCUT2D eigenvalue weighted by atomic mass is 9.76. The predicted octanol–water partition coefficient (Wildman–Crippen LogP) is 4.78. The summed E-state index contributed by atoms with van der Waals surface area (Å²) in [5.41, 5.74) is 1.37. The monoisotopic (exact) mass is 356 g/mol. The lowest BCUT2D eigenvalue weighted by Gasteiger charge is -2.45. The zero-order valence-electron chi connectivity index (χ0n) is 14.1. The number of anilines is 1. The number of hydrogen-bond donors (Lipinski definition) is 0. The Bertz CT molecular complexity index is 938. The van der Waals surface area contributed by atoms with Crippen molar-refractivity contribution in [2.45, 2.75) is 25.0 Å². The van der Waals surface area contributed by atoms with Gasteiger partial charge in [0, 0.05) is 18.3 Å². The molecular formula is C19H17ClN2O3. The van der Waals surface area contributed by atoms with Crippen molar-refractivity contribution in [2.24, 2.45) is 0 Å². The molecule has 0 fully saturated rings. The lowest BCUT2D eigenvalue weighted by molar-refractivity contribution is -0.386. The van der Waals surface area contributed by atoms with Gasteiger partial charge >= 0.3 is 5.69 Å². The van der Waals surface area contributed by atoms with Gasteiger partial charge < -0.3 is 9.64 Å². The van der Waals surface area contributed by atoms with E-state index in [0.29, 0.717) is 5.56 Å². The number of para-hydroxylation sites is 1. The number of ether oxygens (including phenoxy) is 1. The molecule has 2 heterocycles. The van der Waals surface area contributed by atoms with E-state index >= 15 is 0 Å². The van der Waals surface area contributed by atoms with Crippen LogP contribution in [0.1, 0.15) is 25.0 Å². The fourth-order valence-electron chi connectivity index (χ4n) is 3.97. The van der Waals surface area contributed by atoms with Gasteiger partial charge in [-0.15, -0.1) is 0 Å². The lowest BCUT2D eigenvalue weighted by Crippen LogP contribution is -2.58. The molecule has 25 heavy (non-hydrogen) atoms. The molecule has 4 rings (SSSR count). The third-order valence-electron chi connectivity index (χ3n) is 5.37. The molecular weight excluding hydrogens is 340 g/mol. The Balaban J connectivity index is 1.94. The molecule has 1 unspecified atom stereocenters. The molecule has 0 amide bonds. The number of nitro groups is 1. The number of nitro benzene ring substituents is 1. The molecule has 2 aliphatic heterocycles. The van der Waals surface area contributed by atoms with Crippen molar-refractivity contribution in [2.75, 3.05) is 11.9 Å². The summed E-state index contributed by atoms with van der Waals surface area (Å²) >= 11 is 6.09. The Hall–Kier alpha value is -2.53. The minimum Gasteiger partial charge on any atom is -0.455 e. The number of nitrogens with zero attached hydrogens (tertiary/aromatic N) is 2. The number of fused-ring (bicyclic) bond motifs is 2. The van der Waals surface area contributed by atoms with Crippen molar-refractivity contribution in [3.8, 4) is 5.75 Å². The molecule has 0 saturated heterocycles. The molecule has 5 nitrogen and oxygen atoms in total. The fraction of sp³-hybridized carbons (Fsp3) is 0.263. The van der Waals surface area contributed by atoms with Gasteiger partial charge in [-0.25, -0.2) is 0 Å². The highest BCUT2D eigenvalue weighted by Crippen LogP contribution is 2.55. The first-order chi connectivity index (χ1) is 11.8. The van der Waals surface area contributed by atoms with Crippen molar-refractivity contribution < 1.29 is 9.66 Å². The van der Waals surface area contributed by atoms with Gasteiger partial charge in [0.25, 0.3) is 0 Å². The highest BCUT2D eigenvalue weighted by molar-refractivity contribution is 6.33. The van der Waals surface area contributed by atoms with Gasteiger partial charge in [-0.2, -0.15) is 0 Å². The van der Waals surface area contributed by atoms with Crippen LogP contribution in [-0.4, -0.2) is 17.7 Å². The molecule has 0 saturated carbocycles. The van der Waals surface area contributed by atoms with Crippen LogP contribution < -0.4 is 9.64 Å². The van der Waals surface area contributed by atoms with E-state index < -0.39 is 16.1 Å². The zero-order chi connectivity index (χ0) is 18.0. The van der Waals surface area contributed by atoms with Gasteiger partial charge in [0.15, 0.2) is 0 Å². The standard InChI is InChI=1S/C19H17ClN2O3/c1-18(2)13-6-4-5-7-15(13)21(3)19(18)11-10-12-8-9-14(20)16(22(23)24)17(12)25-19/h4-11H,1-3H3. The predicted molar refractivity (Wildman–Crippen MR) is 98.4 cm³/mol. The van der Waals surface area contributed by atoms with Gasteiger partial charge in [0.1, 0.15) is 5.02 Å². The van der Waals surface area contributed by atoms with Crippen LogP contribution in [0.15, 0.2) is 42.5 Å². The normalized spacial score (nSPS) is 22.5. The summed E-state index contributed by atoms with van der Waals surface area (Å²) < 4.78 is 6.38. The molecule has 1 spiro atoms. The van der Waals surface area contributed by atoms with Crippen molar-refractivity contribution >= 4 is 29.1 Å². The SMILES string of the molecule is CN1c2ccccc2C(C)(C)C12C=Cc1ccc(Cl)c([N+](=O)[O-])c1O2. The van der Waals surface area contributed by atoms with Crippen molar-refractivity contribution in [3.05, 3.63) is 68.7 Å². The van der Waals surface area contributed by atoms with Crippen molar-refractivity contribution in [1.82, 2.24) is 0 Å². The topological polar surface area (TPSA) is 55.6 Å². The summed E-state index contributed by atoms with van der Waals surface area (Å²) in [4.78, 5) is 13.1. The van der Waals surface area contributed by atoms with E-state index in [1.165, 1.54) is 6.07 Å². The van der Waals surface area contributed by atoms with Gasteiger partial charge in [0.2, 0.25) is 11.5 Å². The van der Waals surface area contributed by atoms with Gasteiger partial charge in [-0.1, -0.05) is 29.8 Å². The quantitative estimate of drug-likeness (QED) is 0.545. The Morgan fingerprint density at radius 3 is 2.60 bits per heavy atom. The van der Waals surface area contributed by atoms with Crippen LogP contribution >= 0.6 is 11.6 Å². The van der Waals surface area contributed by atoms with Gasteiger partial charge in [-0.3, -0.25) is 10.1 Å². The first-order valence-corrected chi connectivity index (χ1v) is 8.36. The zero-order valence-corrected chi connectivity index (χ0v) is 14.9. The van der Waals surface area contributed by atoms with Gasteiger partial charge in [-0.05, 0) is 49.8 Å². The first kappa shape index (κ1) is 16.0. The summed E-state index contributed by atoms with van der Waals surface area (Å²) in [5, 5.41) is 11.6. The highest BCUT2D eigenvalue weighted by atomic mass is 35.5. The molecule has 2 aromatic rings. The molecule has 0 aromatic heterocycles. The summed E-state index contributed by atoms with van der Waals surface area (Å²) in [6, 6.07) is 11.3. The Labute approximate surface area is 150 Å². The Morgan fingerprint density at radius 2 is 1.92 bits per heavy atom. The number of benzene rings is 2. The van der Waals surface area contributed by atoms with Crippen LogP contribution in [-0.2, 0) is 5.41 Å². The maximum atomic E-state index is 11.6. The van der Waals surface area contributed by atoms with Crippen LogP contribution in [0, 0.1) is 10.1 Å². The van der Waals surface area contributed by atoms with Crippen LogP contribution in [0.3, 0.4) is 0 Å². The molecule has 0 bridgehead atoms. The summed E-state index contributed by atoms with van der Waals surface area (Å²) in [6.45, 7) is 4.17. The largest absolute Gasteiger partial charge is 0.455 e. The number of hydrogen-bond acceptors (Lipinski definition) is 4. The van der Waals surface area contributed by atoms with E-state index in [0.717, 1.165) is 11.3 Å². The molecule has 0 aliphatic carbocycles. The summed E-state index contributed by atoms with van der Waals surface area (Å²) in [6.07, 6.45) is 3.86. The number of halogens is 1. The molecule has 1 atom stereocenters. The van der Waals surface area contributed by atoms with E-state index in [4.69, 9.17) is 16.3 Å². The van der Waals surface area contributed by atoms with Crippen LogP contribution in [0.2, 0.25) is 5.02 Å². The molecule has 0 N–H and O–H groups in total. The van der Waals surface area contributed by atoms with Gasteiger partial charge in [0.05, 0.1) is 10.3 Å². The Kier molecular flexibility index (Phi) is 3.19. The number of rotatable bonds is 1. The minimum absolute atomic E-state index is 0.0742. The van der Waals surface area contributed by atoms with Crippen molar-refractivity contribution in [3.63, 3.8) is 0 Å². The van der Waals surface area contributed by atoms with E-state index in [2.05, 4.69) is 19.9 Å². The molecule has 6 heteroatoms. The van der Waals surface area contributed by atoms with Crippen molar-refractivity contribution in [1.29, 1.82) is 0 Å². The van der Waals surface area contributed by atoms with Crippen LogP contribution in [0.5, 0.6) is 5.75 Å². The second kappa shape index (κ2) is 4.99. The highest BCUT2D eigenvalue weighted by Gasteiger charge is 2.58. The average Bonchev–Trinajstić information content (AvgIpc) is 2.74. The van der Waals surface area contributed by atoms with E-state index in [1.807, 2.05) is 42.3 Å². The minimum atomic E-state index is -0.862. The third-order valence-corrected chi connectivity index (χ3v) is 5.68. The Morgan fingerprint density at radius 1 is 1.20 bits per heavy atom.